The summed E-state index contributed by atoms with van der Waals surface area (Å²) in [4.78, 5) is 38.0. The highest BCUT2D eigenvalue weighted by Crippen LogP contribution is 2.14. The summed E-state index contributed by atoms with van der Waals surface area (Å²) in [6.07, 6.45) is 2.91. The molecule has 1 N–H and O–H groups in total. The molecule has 1 atom stereocenters. The first-order valence-electron chi connectivity index (χ1n) is 6.90. The van der Waals surface area contributed by atoms with E-state index in [1.54, 1.807) is 0 Å². The second-order valence-electron chi connectivity index (χ2n) is 5.16. The van der Waals surface area contributed by atoms with Gasteiger partial charge in [-0.2, -0.15) is 0 Å². The van der Waals surface area contributed by atoms with Crippen LogP contribution in [-0.2, 0) is 14.4 Å². The molecule has 6 nitrogen and oxygen atoms in total. The zero-order valence-electron chi connectivity index (χ0n) is 11.8. The van der Waals surface area contributed by atoms with E-state index in [2.05, 4.69) is 5.32 Å². The van der Waals surface area contributed by atoms with Gasteiger partial charge in [0, 0.05) is 44.9 Å². The topological polar surface area (TPSA) is 69.7 Å². The Morgan fingerprint density at radius 2 is 1.95 bits per heavy atom. The van der Waals surface area contributed by atoms with E-state index in [-0.39, 0.29) is 43.1 Å². The van der Waals surface area contributed by atoms with Crippen LogP contribution in [0.25, 0.3) is 0 Å². The van der Waals surface area contributed by atoms with Crippen LogP contribution in [0.1, 0.15) is 32.1 Å². The Balaban J connectivity index is 0.00000200. The van der Waals surface area contributed by atoms with Crippen molar-refractivity contribution in [2.24, 2.45) is 0 Å². The molecule has 114 valence electrons. The van der Waals surface area contributed by atoms with Gasteiger partial charge in [0.05, 0.1) is 0 Å². The van der Waals surface area contributed by atoms with Gasteiger partial charge in [0.25, 0.3) is 0 Å². The van der Waals surface area contributed by atoms with Crippen molar-refractivity contribution in [3.05, 3.63) is 0 Å². The maximum absolute atomic E-state index is 12.1. The molecule has 2 aliphatic rings. The van der Waals surface area contributed by atoms with Crippen LogP contribution in [0.4, 0.5) is 0 Å². The number of imide groups is 1. The van der Waals surface area contributed by atoms with E-state index in [1.807, 2.05) is 11.9 Å². The Morgan fingerprint density at radius 1 is 1.30 bits per heavy atom. The maximum Gasteiger partial charge on any atom is 0.229 e. The molecule has 0 spiro atoms. The van der Waals surface area contributed by atoms with Gasteiger partial charge in [-0.15, -0.1) is 12.4 Å². The van der Waals surface area contributed by atoms with Crippen LogP contribution >= 0.6 is 12.4 Å². The van der Waals surface area contributed by atoms with E-state index < -0.39 is 0 Å². The molecule has 0 radical (unpaired) electrons. The Kier molecular flexibility index (Phi) is 6.42. The zero-order valence-corrected chi connectivity index (χ0v) is 12.6. The first kappa shape index (κ1) is 16.9. The molecule has 7 heteroatoms. The monoisotopic (exact) mass is 303 g/mol. The highest BCUT2D eigenvalue weighted by Gasteiger charge is 2.30. The fraction of sp³-hybridized carbons (Fsp3) is 0.769. The number of nitrogens with one attached hydrogen (secondary N) is 1. The van der Waals surface area contributed by atoms with E-state index in [0.717, 1.165) is 25.9 Å². The van der Waals surface area contributed by atoms with Crippen molar-refractivity contribution in [3.63, 3.8) is 0 Å². The van der Waals surface area contributed by atoms with Gasteiger partial charge in [-0.3, -0.25) is 19.3 Å². The number of carbonyl (C=O) groups is 3. The van der Waals surface area contributed by atoms with Crippen molar-refractivity contribution in [1.82, 2.24) is 15.1 Å². The smallest absolute Gasteiger partial charge is 0.229 e. The van der Waals surface area contributed by atoms with Crippen LogP contribution in [0.5, 0.6) is 0 Å². The molecule has 3 amide bonds. The second kappa shape index (κ2) is 7.59. The van der Waals surface area contributed by atoms with Crippen LogP contribution in [0.2, 0.25) is 0 Å². The number of amides is 3. The molecule has 20 heavy (non-hydrogen) atoms. The molecule has 0 aromatic heterocycles. The van der Waals surface area contributed by atoms with Crippen LogP contribution in [0.3, 0.4) is 0 Å². The number of halogens is 1. The zero-order chi connectivity index (χ0) is 13.8. The number of likely N-dealkylation sites (N-methyl/N-ethyl adjacent to an activating group) is 1. The SMILES string of the molecule is CNC1CCCN(C(=O)CCN2C(=O)CCC2=O)C1.Cl. The molecule has 2 aliphatic heterocycles. The molecule has 1 unspecified atom stereocenters. The fourth-order valence-electron chi connectivity index (χ4n) is 2.68. The van der Waals surface area contributed by atoms with Gasteiger partial charge >= 0.3 is 0 Å². The molecular weight excluding hydrogens is 282 g/mol. The van der Waals surface area contributed by atoms with E-state index in [0.29, 0.717) is 18.9 Å². The lowest BCUT2D eigenvalue weighted by molar-refractivity contribution is -0.139. The minimum Gasteiger partial charge on any atom is -0.341 e. The molecule has 0 saturated carbocycles. The summed E-state index contributed by atoms with van der Waals surface area (Å²) in [6.45, 7) is 1.73. The van der Waals surface area contributed by atoms with Crippen LogP contribution < -0.4 is 5.32 Å². The summed E-state index contributed by atoms with van der Waals surface area (Å²) < 4.78 is 0. The predicted octanol–water partition coefficient (Wildman–Crippen LogP) is 0.158. The molecule has 2 saturated heterocycles. The lowest BCUT2D eigenvalue weighted by Gasteiger charge is -2.33. The maximum atomic E-state index is 12.1. The fourth-order valence-corrected chi connectivity index (χ4v) is 2.68. The van der Waals surface area contributed by atoms with Gasteiger partial charge in [0.2, 0.25) is 17.7 Å². The summed E-state index contributed by atoms with van der Waals surface area (Å²) in [5, 5.41) is 3.19. The second-order valence-corrected chi connectivity index (χ2v) is 5.16. The first-order chi connectivity index (χ1) is 9.11. The summed E-state index contributed by atoms with van der Waals surface area (Å²) in [6, 6.07) is 0.354. The molecule has 0 aromatic carbocycles. The van der Waals surface area contributed by atoms with Crippen molar-refractivity contribution in [1.29, 1.82) is 0 Å². The number of hydrogen-bond acceptors (Lipinski definition) is 4. The van der Waals surface area contributed by atoms with Gasteiger partial charge in [0.1, 0.15) is 0 Å². The van der Waals surface area contributed by atoms with Crippen molar-refractivity contribution in [2.45, 2.75) is 38.1 Å². The number of carbonyl (C=O) groups excluding carboxylic acids is 3. The van der Waals surface area contributed by atoms with Crippen LogP contribution in [-0.4, -0.2) is 60.2 Å². The lowest BCUT2D eigenvalue weighted by Crippen LogP contribution is -2.47. The molecule has 0 aliphatic carbocycles. The third kappa shape index (κ3) is 3.93. The largest absolute Gasteiger partial charge is 0.341 e. The third-order valence-corrected chi connectivity index (χ3v) is 3.89. The van der Waals surface area contributed by atoms with Crippen LogP contribution in [0.15, 0.2) is 0 Å². The number of nitrogens with zero attached hydrogens (tertiary/aromatic N) is 2. The lowest BCUT2D eigenvalue weighted by atomic mass is 10.1. The number of hydrogen-bond donors (Lipinski definition) is 1. The number of likely N-dealkylation sites (tertiary alicyclic amines) is 2. The molecular formula is C13H22ClN3O3. The van der Waals surface area contributed by atoms with E-state index >= 15 is 0 Å². The van der Waals surface area contributed by atoms with Gasteiger partial charge in [-0.1, -0.05) is 0 Å². The quantitative estimate of drug-likeness (QED) is 0.751. The summed E-state index contributed by atoms with van der Waals surface area (Å²) in [5.41, 5.74) is 0. The first-order valence-corrected chi connectivity index (χ1v) is 6.90. The highest BCUT2D eigenvalue weighted by molar-refractivity contribution is 6.02. The van der Waals surface area contributed by atoms with Crippen molar-refractivity contribution in [2.75, 3.05) is 26.7 Å². The molecule has 2 fully saturated rings. The minimum atomic E-state index is -0.149. The van der Waals surface area contributed by atoms with Gasteiger partial charge in [-0.05, 0) is 19.9 Å². The molecule has 0 bridgehead atoms. The van der Waals surface area contributed by atoms with E-state index in [1.165, 1.54) is 4.90 Å². The highest BCUT2D eigenvalue weighted by atomic mass is 35.5. The van der Waals surface area contributed by atoms with E-state index in [9.17, 15) is 14.4 Å². The minimum absolute atomic E-state index is 0. The Hall–Kier alpha value is -1.14. The normalized spacial score (nSPS) is 22.9. The van der Waals surface area contributed by atoms with Gasteiger partial charge < -0.3 is 10.2 Å². The summed E-state index contributed by atoms with van der Waals surface area (Å²) in [7, 11) is 1.90. The average molecular weight is 304 g/mol. The number of piperidine rings is 1. The standard InChI is InChI=1S/C13H21N3O3.ClH/c1-14-10-3-2-7-15(9-10)11(17)6-8-16-12(18)4-5-13(16)19;/h10,14H,2-9H2,1H3;1H. The summed E-state index contributed by atoms with van der Waals surface area (Å²) in [5.74, 6) is -0.262. The third-order valence-electron chi connectivity index (χ3n) is 3.89. The van der Waals surface area contributed by atoms with Gasteiger partial charge in [0.15, 0.2) is 0 Å². The van der Waals surface area contributed by atoms with Gasteiger partial charge in [-0.25, -0.2) is 0 Å². The van der Waals surface area contributed by atoms with E-state index in [4.69, 9.17) is 0 Å². The molecule has 2 heterocycles. The predicted molar refractivity (Wildman–Crippen MR) is 76.5 cm³/mol. The number of rotatable bonds is 4. The molecule has 2 rings (SSSR count). The Bertz CT molecular complexity index is 373. The van der Waals surface area contributed by atoms with Crippen molar-refractivity contribution in [3.8, 4) is 0 Å². The van der Waals surface area contributed by atoms with Crippen molar-refractivity contribution < 1.29 is 14.4 Å². The average Bonchev–Trinajstić information content (AvgIpc) is 2.75. The Labute approximate surface area is 125 Å². The summed E-state index contributed by atoms with van der Waals surface area (Å²) >= 11 is 0. The van der Waals surface area contributed by atoms with Crippen molar-refractivity contribution >= 4 is 30.1 Å². The Morgan fingerprint density at radius 3 is 2.55 bits per heavy atom. The molecule has 0 aromatic rings. The van der Waals surface area contributed by atoms with Crippen LogP contribution in [0, 0.1) is 0 Å².